The fraction of sp³-hybridized carbons (Fsp3) is 0.111. The Balaban J connectivity index is 3.47. The van der Waals surface area contributed by atoms with Gasteiger partial charge in [0, 0.05) is 10.0 Å². The van der Waals surface area contributed by atoms with Gasteiger partial charge in [-0.15, -0.1) is 0 Å². The summed E-state index contributed by atoms with van der Waals surface area (Å²) in [4.78, 5) is 11.0. The monoisotopic (exact) mass is 239 g/mol. The van der Waals surface area contributed by atoms with Gasteiger partial charge in [-0.2, -0.15) is 5.26 Å². The van der Waals surface area contributed by atoms with Crippen molar-refractivity contribution in [3.05, 3.63) is 27.7 Å². The number of ketones is 1. The van der Waals surface area contributed by atoms with E-state index in [0.29, 0.717) is 10.0 Å². The lowest BCUT2D eigenvalue weighted by Gasteiger charge is -2.02. The number of halogens is 1. The average Bonchev–Trinajstić information content (AvgIpc) is 2.08. The second kappa shape index (κ2) is 3.58. The molecule has 66 valence electrons. The van der Waals surface area contributed by atoms with Crippen molar-refractivity contribution in [1.82, 2.24) is 0 Å². The normalized spacial score (nSPS) is 9.31. The lowest BCUT2D eigenvalue weighted by molar-refractivity contribution is 0.101. The van der Waals surface area contributed by atoms with Crippen molar-refractivity contribution >= 4 is 21.7 Å². The van der Waals surface area contributed by atoms with Crippen LogP contribution in [0.5, 0.6) is 5.75 Å². The summed E-state index contributed by atoms with van der Waals surface area (Å²) in [6.45, 7) is 1.38. The number of benzene rings is 1. The molecule has 1 rings (SSSR count). The Morgan fingerprint density at radius 1 is 1.62 bits per heavy atom. The number of hydrogen-bond acceptors (Lipinski definition) is 3. The summed E-state index contributed by atoms with van der Waals surface area (Å²) in [7, 11) is 0. The van der Waals surface area contributed by atoms with Crippen molar-refractivity contribution in [2.45, 2.75) is 6.92 Å². The van der Waals surface area contributed by atoms with Crippen molar-refractivity contribution in [2.24, 2.45) is 0 Å². The van der Waals surface area contributed by atoms with Gasteiger partial charge in [-0.3, -0.25) is 4.79 Å². The Labute approximate surface area is 83.7 Å². The molecular formula is C9H6BrNO2. The molecule has 0 saturated heterocycles. The number of hydrogen-bond donors (Lipinski definition) is 1. The molecular weight excluding hydrogens is 234 g/mol. The zero-order valence-corrected chi connectivity index (χ0v) is 8.42. The average molecular weight is 240 g/mol. The Bertz CT molecular complexity index is 407. The maximum atomic E-state index is 11.0. The molecule has 0 aliphatic heterocycles. The fourth-order valence-corrected chi connectivity index (χ4v) is 1.54. The van der Waals surface area contributed by atoms with Crippen LogP contribution in [0.15, 0.2) is 16.6 Å². The number of carbonyl (C=O) groups is 1. The Kier molecular flexibility index (Phi) is 2.69. The molecule has 4 heteroatoms. The van der Waals surface area contributed by atoms with Crippen LogP contribution in [-0.2, 0) is 0 Å². The molecule has 13 heavy (non-hydrogen) atoms. The summed E-state index contributed by atoms with van der Waals surface area (Å²) in [5.74, 6) is -0.274. The summed E-state index contributed by atoms with van der Waals surface area (Å²) < 4.78 is 0.431. The number of nitriles is 1. The number of Topliss-reactive ketones (excluding diaryl/α,β-unsaturated/α-hetero) is 1. The van der Waals surface area contributed by atoms with E-state index in [1.165, 1.54) is 19.1 Å². The highest BCUT2D eigenvalue weighted by Crippen LogP contribution is 2.26. The predicted octanol–water partition coefficient (Wildman–Crippen LogP) is 2.23. The van der Waals surface area contributed by atoms with Gasteiger partial charge in [0.25, 0.3) is 0 Å². The van der Waals surface area contributed by atoms with Crippen molar-refractivity contribution in [1.29, 1.82) is 5.26 Å². The largest absolute Gasteiger partial charge is 0.508 e. The third-order valence-corrected chi connectivity index (χ3v) is 2.41. The second-order valence-corrected chi connectivity index (χ2v) is 3.32. The Morgan fingerprint density at radius 2 is 2.23 bits per heavy atom. The highest BCUT2D eigenvalue weighted by Gasteiger charge is 2.11. The smallest absolute Gasteiger partial charge is 0.161 e. The highest BCUT2D eigenvalue weighted by molar-refractivity contribution is 9.10. The summed E-state index contributed by atoms with van der Waals surface area (Å²) in [5.41, 5.74) is 0.571. The zero-order chi connectivity index (χ0) is 10.0. The summed E-state index contributed by atoms with van der Waals surface area (Å²) >= 11 is 3.12. The maximum absolute atomic E-state index is 11.0. The Morgan fingerprint density at radius 3 is 2.69 bits per heavy atom. The van der Waals surface area contributed by atoms with Crippen LogP contribution < -0.4 is 0 Å². The Hall–Kier alpha value is -1.34. The molecule has 0 saturated carbocycles. The third-order valence-electron chi connectivity index (χ3n) is 1.56. The van der Waals surface area contributed by atoms with Gasteiger partial charge >= 0.3 is 0 Å². The topological polar surface area (TPSA) is 61.1 Å². The van der Waals surface area contributed by atoms with Gasteiger partial charge in [-0.05, 0) is 35.0 Å². The number of carbonyl (C=O) groups excluding carboxylic acids is 1. The van der Waals surface area contributed by atoms with Crippen molar-refractivity contribution < 1.29 is 9.90 Å². The van der Waals surface area contributed by atoms with Gasteiger partial charge in [0.15, 0.2) is 5.78 Å². The summed E-state index contributed by atoms with van der Waals surface area (Å²) in [6.07, 6.45) is 0. The molecule has 0 fully saturated rings. The van der Waals surface area contributed by atoms with Crippen molar-refractivity contribution in [2.75, 3.05) is 0 Å². The summed E-state index contributed by atoms with van der Waals surface area (Å²) in [5, 5.41) is 17.8. The van der Waals surface area contributed by atoms with E-state index in [0.717, 1.165) is 0 Å². The third kappa shape index (κ3) is 1.87. The van der Waals surface area contributed by atoms with Crippen LogP contribution in [0, 0.1) is 11.3 Å². The van der Waals surface area contributed by atoms with E-state index < -0.39 is 0 Å². The molecule has 0 aliphatic carbocycles. The van der Waals surface area contributed by atoms with E-state index in [-0.39, 0.29) is 17.1 Å². The molecule has 0 amide bonds. The van der Waals surface area contributed by atoms with Crippen LogP contribution >= 0.6 is 15.9 Å². The van der Waals surface area contributed by atoms with Crippen LogP contribution in [-0.4, -0.2) is 10.9 Å². The van der Waals surface area contributed by atoms with E-state index in [2.05, 4.69) is 15.9 Å². The van der Waals surface area contributed by atoms with E-state index in [4.69, 9.17) is 5.26 Å². The van der Waals surface area contributed by atoms with Gasteiger partial charge in [-0.1, -0.05) is 0 Å². The molecule has 1 N–H and O–H groups in total. The molecule has 0 heterocycles. The molecule has 0 atom stereocenters. The van der Waals surface area contributed by atoms with E-state index >= 15 is 0 Å². The second-order valence-electron chi connectivity index (χ2n) is 2.52. The highest BCUT2D eigenvalue weighted by atomic mass is 79.9. The molecule has 1 aromatic carbocycles. The minimum absolute atomic E-state index is 0.0787. The number of phenols is 1. The standard InChI is InChI=1S/C9H6BrNO2/c1-5(12)8-3-7(13)2-6(4-11)9(8)10/h2-3,13H,1H3. The number of rotatable bonds is 1. The molecule has 1 aromatic rings. The first-order chi connectivity index (χ1) is 6.06. The fourth-order valence-electron chi connectivity index (χ4n) is 0.947. The van der Waals surface area contributed by atoms with Crippen LogP contribution in [0.25, 0.3) is 0 Å². The van der Waals surface area contributed by atoms with E-state index in [1.54, 1.807) is 0 Å². The van der Waals surface area contributed by atoms with Crippen LogP contribution in [0.1, 0.15) is 22.8 Å². The molecule has 0 unspecified atom stereocenters. The zero-order valence-electron chi connectivity index (χ0n) is 6.84. The van der Waals surface area contributed by atoms with E-state index in [9.17, 15) is 9.90 Å². The SMILES string of the molecule is CC(=O)c1cc(O)cc(C#N)c1Br. The quantitative estimate of drug-likeness (QED) is 0.765. The molecule has 0 spiro atoms. The minimum atomic E-state index is -0.195. The van der Waals surface area contributed by atoms with Gasteiger partial charge in [0.1, 0.15) is 11.8 Å². The van der Waals surface area contributed by atoms with Gasteiger partial charge < -0.3 is 5.11 Å². The molecule has 0 bridgehead atoms. The van der Waals surface area contributed by atoms with Crippen LogP contribution in [0.2, 0.25) is 0 Å². The molecule has 3 nitrogen and oxygen atoms in total. The minimum Gasteiger partial charge on any atom is -0.508 e. The van der Waals surface area contributed by atoms with Crippen LogP contribution in [0.3, 0.4) is 0 Å². The first-order valence-corrected chi connectivity index (χ1v) is 4.29. The lowest BCUT2D eigenvalue weighted by atomic mass is 10.1. The number of aromatic hydroxyl groups is 1. The molecule has 0 aromatic heterocycles. The van der Waals surface area contributed by atoms with Gasteiger partial charge in [0.05, 0.1) is 5.56 Å². The van der Waals surface area contributed by atoms with Crippen molar-refractivity contribution in [3.8, 4) is 11.8 Å². The predicted molar refractivity (Wildman–Crippen MR) is 50.5 cm³/mol. The molecule has 0 radical (unpaired) electrons. The van der Waals surface area contributed by atoms with E-state index in [1.807, 2.05) is 6.07 Å². The first-order valence-electron chi connectivity index (χ1n) is 3.50. The van der Waals surface area contributed by atoms with Crippen LogP contribution in [0.4, 0.5) is 0 Å². The lowest BCUT2D eigenvalue weighted by Crippen LogP contribution is -1.95. The number of phenolic OH excluding ortho intramolecular Hbond substituents is 1. The van der Waals surface area contributed by atoms with Crippen molar-refractivity contribution in [3.63, 3.8) is 0 Å². The van der Waals surface area contributed by atoms with Gasteiger partial charge in [0.2, 0.25) is 0 Å². The maximum Gasteiger partial charge on any atom is 0.161 e. The van der Waals surface area contributed by atoms with Gasteiger partial charge in [-0.25, -0.2) is 0 Å². The number of nitrogens with zero attached hydrogens (tertiary/aromatic N) is 1. The summed E-state index contributed by atoms with van der Waals surface area (Å²) in [6, 6.07) is 4.50. The first kappa shape index (κ1) is 9.75. The molecule has 0 aliphatic rings.